The second kappa shape index (κ2) is 10.7. The first-order chi connectivity index (χ1) is 21.4. The van der Waals surface area contributed by atoms with E-state index in [2.05, 4.69) is 20.3 Å². The number of phenolic OH excluding ortho intramolecular Hbond substituents is 1. The number of pyridine rings is 2. The summed E-state index contributed by atoms with van der Waals surface area (Å²) in [5, 5.41) is 12.8. The number of nitrogen functional groups attached to an aromatic ring is 1. The number of halogens is 1. The van der Waals surface area contributed by atoms with E-state index in [4.69, 9.17) is 15.7 Å². The number of hydrogen-bond donors (Lipinski definition) is 3. The van der Waals surface area contributed by atoms with Gasteiger partial charge in [0.25, 0.3) is 5.91 Å². The van der Waals surface area contributed by atoms with Crippen LogP contribution < -0.4 is 11.1 Å². The summed E-state index contributed by atoms with van der Waals surface area (Å²) in [5.41, 5.74) is 11.3. The van der Waals surface area contributed by atoms with Gasteiger partial charge in [0, 0.05) is 29.8 Å². The number of aldehydes is 1. The maximum absolute atomic E-state index is 14.5. The van der Waals surface area contributed by atoms with Crippen molar-refractivity contribution in [2.75, 3.05) is 5.73 Å². The van der Waals surface area contributed by atoms with Crippen LogP contribution in [-0.2, 0) is 6.42 Å². The van der Waals surface area contributed by atoms with Gasteiger partial charge in [-0.3, -0.25) is 14.2 Å². The van der Waals surface area contributed by atoms with Crippen LogP contribution in [0.25, 0.3) is 39.6 Å². The number of aryl methyl sites for hydroxylation is 1. The number of nitrogens with two attached hydrogens (primary N) is 1. The van der Waals surface area contributed by atoms with E-state index in [0.29, 0.717) is 53.2 Å². The van der Waals surface area contributed by atoms with E-state index in [1.165, 1.54) is 30.6 Å². The maximum Gasteiger partial charge on any atom is 0.251 e. The van der Waals surface area contributed by atoms with E-state index in [0.717, 1.165) is 16.8 Å². The number of carbonyl (C=O) groups excluding carboxylic acids is 2. The molecule has 0 aliphatic heterocycles. The summed E-state index contributed by atoms with van der Waals surface area (Å²) in [6.45, 7) is 0. The Morgan fingerprint density at radius 3 is 2.70 bits per heavy atom. The van der Waals surface area contributed by atoms with Crippen molar-refractivity contribution in [1.29, 1.82) is 0 Å². The summed E-state index contributed by atoms with van der Waals surface area (Å²) in [7, 11) is 0. The molecule has 44 heavy (non-hydrogen) atoms. The minimum absolute atomic E-state index is 0.0195. The first-order valence-electron chi connectivity index (χ1n) is 13.7. The summed E-state index contributed by atoms with van der Waals surface area (Å²) in [6, 6.07) is 16.8. The maximum atomic E-state index is 14.5. The molecule has 1 aliphatic carbocycles. The van der Waals surface area contributed by atoms with Gasteiger partial charge in [0.1, 0.15) is 22.8 Å². The van der Waals surface area contributed by atoms with Crippen molar-refractivity contribution in [3.05, 3.63) is 107 Å². The number of fused-ring (bicyclic) bond motifs is 2. The average molecular weight is 587 g/mol. The monoisotopic (exact) mass is 586 g/mol. The Morgan fingerprint density at radius 2 is 1.89 bits per heavy atom. The number of imidazole rings is 1. The molecular formula is C32H23FN8O3. The molecule has 0 bridgehead atoms. The summed E-state index contributed by atoms with van der Waals surface area (Å²) >= 11 is 0. The molecule has 7 rings (SSSR count). The zero-order valence-corrected chi connectivity index (χ0v) is 23.0. The molecule has 4 N–H and O–H groups in total. The summed E-state index contributed by atoms with van der Waals surface area (Å²) in [4.78, 5) is 45.9. The predicted molar refractivity (Wildman–Crippen MR) is 160 cm³/mol. The van der Waals surface area contributed by atoms with Crippen LogP contribution in [-0.4, -0.2) is 46.8 Å². The lowest BCUT2D eigenvalue weighted by atomic mass is 10.1. The Kier molecular flexibility index (Phi) is 6.50. The van der Waals surface area contributed by atoms with Gasteiger partial charge in [-0.15, -0.1) is 0 Å². The minimum atomic E-state index is -0.734. The highest BCUT2D eigenvalue weighted by Crippen LogP contribution is 2.36. The molecule has 0 saturated heterocycles. The van der Waals surface area contributed by atoms with E-state index in [-0.39, 0.29) is 34.5 Å². The van der Waals surface area contributed by atoms with Crippen molar-refractivity contribution in [3.63, 3.8) is 0 Å². The van der Waals surface area contributed by atoms with E-state index >= 15 is 0 Å². The molecule has 2 aromatic carbocycles. The largest absolute Gasteiger partial charge is 0.507 e. The molecule has 0 saturated carbocycles. The third-order valence-electron chi connectivity index (χ3n) is 7.66. The lowest BCUT2D eigenvalue weighted by molar-refractivity contribution is 0.0936. The molecule has 1 atom stereocenters. The molecule has 4 heterocycles. The number of aromatic hydroxyl groups is 1. The number of hydrogen-bond acceptors (Lipinski definition) is 9. The van der Waals surface area contributed by atoms with Gasteiger partial charge in [0.05, 0.1) is 22.9 Å². The number of phenols is 1. The zero-order valence-electron chi connectivity index (χ0n) is 23.0. The normalized spacial score (nSPS) is 14.0. The Labute approximate surface area is 249 Å². The molecule has 0 fully saturated rings. The lowest BCUT2D eigenvalue weighted by Gasteiger charge is -2.16. The first kappa shape index (κ1) is 26.8. The molecule has 1 aliphatic rings. The van der Waals surface area contributed by atoms with Crippen molar-refractivity contribution in [2.24, 2.45) is 0 Å². The summed E-state index contributed by atoms with van der Waals surface area (Å²) in [6.07, 6.45) is 6.16. The molecule has 11 nitrogen and oxygen atoms in total. The van der Waals surface area contributed by atoms with Crippen LogP contribution >= 0.6 is 0 Å². The number of amides is 1. The van der Waals surface area contributed by atoms with Gasteiger partial charge in [-0.1, -0.05) is 6.07 Å². The van der Waals surface area contributed by atoms with E-state index in [9.17, 15) is 19.1 Å². The molecule has 1 amide bonds. The number of aromatic nitrogens is 6. The smallest absolute Gasteiger partial charge is 0.251 e. The number of nitrogens with zero attached hydrogens (tertiary/aromatic N) is 6. The molecule has 6 aromatic rings. The van der Waals surface area contributed by atoms with Crippen LogP contribution in [0.4, 0.5) is 10.2 Å². The van der Waals surface area contributed by atoms with Gasteiger partial charge in [0.2, 0.25) is 5.95 Å². The van der Waals surface area contributed by atoms with E-state index < -0.39 is 5.95 Å². The van der Waals surface area contributed by atoms with Crippen molar-refractivity contribution >= 4 is 29.2 Å². The van der Waals surface area contributed by atoms with Crippen LogP contribution in [0.1, 0.15) is 44.3 Å². The Hall–Kier alpha value is -6.04. The van der Waals surface area contributed by atoms with Gasteiger partial charge in [0.15, 0.2) is 17.8 Å². The van der Waals surface area contributed by atoms with Gasteiger partial charge < -0.3 is 16.2 Å². The minimum Gasteiger partial charge on any atom is -0.507 e. The molecular weight excluding hydrogens is 563 g/mol. The molecule has 216 valence electrons. The average Bonchev–Trinajstić information content (AvgIpc) is 3.62. The molecule has 0 spiro atoms. The third kappa shape index (κ3) is 4.58. The van der Waals surface area contributed by atoms with Gasteiger partial charge in [-0.25, -0.2) is 24.9 Å². The highest BCUT2D eigenvalue weighted by Gasteiger charge is 2.27. The van der Waals surface area contributed by atoms with Crippen molar-refractivity contribution in [2.45, 2.75) is 18.9 Å². The van der Waals surface area contributed by atoms with Crippen molar-refractivity contribution in [1.82, 2.24) is 34.8 Å². The standard InChI is InChI=1S/C32H23FN8O3/c33-28-27(35-12-13-36-28)24-8-9-25-31(38-24)41(30(39-25)22-2-1-11-37-29(22)34)20-5-6-21-17(15-20)3-7-23(21)40-32(44)18-4-10-26(43)19(14-18)16-42/h1-2,4-6,8-16,23,43H,3,7H2,(H2,34,37)(H,40,44)/t23-/m0/s1. The van der Waals surface area contributed by atoms with Crippen molar-refractivity contribution < 1.29 is 19.1 Å². The van der Waals surface area contributed by atoms with Crippen LogP contribution in [0.5, 0.6) is 5.75 Å². The van der Waals surface area contributed by atoms with Crippen LogP contribution in [0.3, 0.4) is 0 Å². The van der Waals surface area contributed by atoms with Crippen LogP contribution in [0.15, 0.2) is 79.3 Å². The summed E-state index contributed by atoms with van der Waals surface area (Å²) < 4.78 is 16.4. The van der Waals surface area contributed by atoms with Crippen molar-refractivity contribution in [3.8, 4) is 34.2 Å². The highest BCUT2D eigenvalue weighted by molar-refractivity contribution is 5.96. The number of nitrogens with one attached hydrogen (secondary N) is 1. The SMILES string of the molecule is Nc1ncccc1-c1nc2ccc(-c3nccnc3F)nc2n1-c1ccc2c(c1)CC[C@@H]2NC(=O)c1ccc(O)c(C=O)c1. The fourth-order valence-electron chi connectivity index (χ4n) is 5.54. The number of benzene rings is 2. The fourth-order valence-corrected chi connectivity index (χ4v) is 5.54. The highest BCUT2D eigenvalue weighted by atomic mass is 19.1. The Balaban J connectivity index is 1.30. The fraction of sp³-hybridized carbons (Fsp3) is 0.0938. The molecule has 4 aromatic heterocycles. The molecule has 0 radical (unpaired) electrons. The second-order valence-corrected chi connectivity index (χ2v) is 10.3. The number of anilines is 1. The summed E-state index contributed by atoms with van der Waals surface area (Å²) in [5.74, 6) is -0.463. The van der Waals surface area contributed by atoms with Crippen LogP contribution in [0, 0.1) is 5.95 Å². The predicted octanol–water partition coefficient (Wildman–Crippen LogP) is 4.60. The lowest BCUT2D eigenvalue weighted by Crippen LogP contribution is -2.27. The third-order valence-corrected chi connectivity index (χ3v) is 7.66. The van der Waals surface area contributed by atoms with E-state index in [1.54, 1.807) is 24.4 Å². The molecule has 0 unspecified atom stereocenters. The second-order valence-electron chi connectivity index (χ2n) is 10.3. The van der Waals surface area contributed by atoms with Crippen LogP contribution in [0.2, 0.25) is 0 Å². The zero-order chi connectivity index (χ0) is 30.4. The van der Waals surface area contributed by atoms with Gasteiger partial charge in [-0.05, 0) is 78.6 Å². The quantitative estimate of drug-likeness (QED) is 0.237. The molecule has 12 heteroatoms. The Morgan fingerprint density at radius 1 is 1.02 bits per heavy atom. The van der Waals surface area contributed by atoms with Gasteiger partial charge in [-0.2, -0.15) is 4.39 Å². The number of rotatable bonds is 6. The number of carbonyl (C=O) groups is 2. The Bertz CT molecular complexity index is 2110. The van der Waals surface area contributed by atoms with Gasteiger partial charge >= 0.3 is 0 Å². The first-order valence-corrected chi connectivity index (χ1v) is 13.7. The van der Waals surface area contributed by atoms with E-state index in [1.807, 2.05) is 28.8 Å². The topological polar surface area (TPSA) is 162 Å².